The number of carbonyl (C=O) groups excluding carboxylic acids is 1. The number of amides is 2. The molecular formula is C18H18N2O4. The Balaban J connectivity index is 1.39. The molecule has 0 aromatic heterocycles. The lowest BCUT2D eigenvalue weighted by molar-refractivity contribution is 0.0417. The number of aliphatic hydroxyl groups is 1. The molecule has 0 fully saturated rings. The van der Waals surface area contributed by atoms with E-state index in [-0.39, 0.29) is 19.4 Å². The Morgan fingerprint density at radius 2 is 2.00 bits per heavy atom. The summed E-state index contributed by atoms with van der Waals surface area (Å²) < 4.78 is 10.5. The first-order valence-electron chi connectivity index (χ1n) is 7.89. The van der Waals surface area contributed by atoms with Crippen molar-refractivity contribution in [2.75, 3.05) is 18.7 Å². The molecule has 1 atom stereocenters. The summed E-state index contributed by atoms with van der Waals surface area (Å²) in [7, 11) is 0. The molecule has 0 bridgehead atoms. The number of nitrogens with one attached hydrogen (secondary N) is 2. The summed E-state index contributed by atoms with van der Waals surface area (Å²) in [5, 5.41) is 16.3. The number of hydrogen-bond acceptors (Lipinski definition) is 4. The second-order valence-electron chi connectivity index (χ2n) is 6.06. The quantitative estimate of drug-likeness (QED) is 0.809. The molecule has 2 aliphatic rings. The third kappa shape index (κ3) is 2.65. The molecular weight excluding hydrogens is 308 g/mol. The molecule has 0 saturated heterocycles. The SMILES string of the molecule is O=C(NC[C@@]1(O)CCc2ccccc21)Nc1ccc2c(c1)OCO2. The highest BCUT2D eigenvalue weighted by molar-refractivity contribution is 5.89. The summed E-state index contributed by atoms with van der Waals surface area (Å²) >= 11 is 0. The van der Waals surface area contributed by atoms with Crippen LogP contribution in [-0.4, -0.2) is 24.5 Å². The van der Waals surface area contributed by atoms with Gasteiger partial charge in [0.05, 0.1) is 6.54 Å². The van der Waals surface area contributed by atoms with E-state index in [1.807, 2.05) is 24.3 Å². The molecule has 2 aromatic rings. The molecule has 0 radical (unpaired) electrons. The fourth-order valence-electron chi connectivity index (χ4n) is 3.23. The molecule has 4 rings (SSSR count). The lowest BCUT2D eigenvalue weighted by atomic mass is 9.96. The minimum atomic E-state index is -1.01. The predicted molar refractivity (Wildman–Crippen MR) is 88.2 cm³/mol. The van der Waals surface area contributed by atoms with Crippen LogP contribution in [0.25, 0.3) is 0 Å². The Kier molecular flexibility index (Phi) is 3.54. The van der Waals surface area contributed by atoms with Crippen LogP contribution in [0.15, 0.2) is 42.5 Å². The van der Waals surface area contributed by atoms with Crippen molar-refractivity contribution in [2.24, 2.45) is 0 Å². The topological polar surface area (TPSA) is 79.8 Å². The number of carbonyl (C=O) groups is 1. The van der Waals surface area contributed by atoms with Crippen molar-refractivity contribution in [3.63, 3.8) is 0 Å². The average Bonchev–Trinajstić information content (AvgIpc) is 3.18. The van der Waals surface area contributed by atoms with Crippen LogP contribution in [0.4, 0.5) is 10.5 Å². The highest BCUT2D eigenvalue weighted by atomic mass is 16.7. The Bertz CT molecular complexity index is 792. The molecule has 1 heterocycles. The maximum Gasteiger partial charge on any atom is 0.319 e. The fourth-order valence-corrected chi connectivity index (χ4v) is 3.23. The van der Waals surface area contributed by atoms with Crippen LogP contribution in [-0.2, 0) is 12.0 Å². The monoisotopic (exact) mass is 326 g/mol. The van der Waals surface area contributed by atoms with Gasteiger partial charge >= 0.3 is 6.03 Å². The maximum absolute atomic E-state index is 12.1. The number of aryl methyl sites for hydroxylation is 1. The molecule has 2 amide bonds. The number of rotatable bonds is 3. The third-order valence-corrected chi connectivity index (χ3v) is 4.50. The van der Waals surface area contributed by atoms with E-state index >= 15 is 0 Å². The number of fused-ring (bicyclic) bond motifs is 2. The Labute approximate surface area is 139 Å². The molecule has 24 heavy (non-hydrogen) atoms. The van der Waals surface area contributed by atoms with Crippen LogP contribution in [0.5, 0.6) is 11.5 Å². The molecule has 2 aromatic carbocycles. The van der Waals surface area contributed by atoms with Gasteiger partial charge in [-0.15, -0.1) is 0 Å². The van der Waals surface area contributed by atoms with Crippen LogP contribution in [0.3, 0.4) is 0 Å². The zero-order valence-electron chi connectivity index (χ0n) is 13.0. The molecule has 1 aliphatic carbocycles. The smallest absolute Gasteiger partial charge is 0.319 e. The summed E-state index contributed by atoms with van der Waals surface area (Å²) in [6.45, 7) is 0.359. The molecule has 3 N–H and O–H groups in total. The summed E-state index contributed by atoms with van der Waals surface area (Å²) in [4.78, 5) is 12.1. The summed E-state index contributed by atoms with van der Waals surface area (Å²) in [6, 6.07) is 12.6. The van der Waals surface area contributed by atoms with Crippen molar-refractivity contribution in [2.45, 2.75) is 18.4 Å². The van der Waals surface area contributed by atoms with E-state index in [0.29, 0.717) is 23.6 Å². The Hall–Kier alpha value is -2.73. The van der Waals surface area contributed by atoms with Gasteiger partial charge in [0.25, 0.3) is 0 Å². The number of hydrogen-bond donors (Lipinski definition) is 3. The maximum atomic E-state index is 12.1. The zero-order chi connectivity index (χ0) is 16.6. The van der Waals surface area contributed by atoms with E-state index in [2.05, 4.69) is 10.6 Å². The lowest BCUT2D eigenvalue weighted by Gasteiger charge is -2.24. The predicted octanol–water partition coefficient (Wildman–Crippen LogP) is 2.37. The fraction of sp³-hybridized carbons (Fsp3) is 0.278. The van der Waals surface area contributed by atoms with Gasteiger partial charge in [-0.3, -0.25) is 0 Å². The minimum absolute atomic E-state index is 0.167. The van der Waals surface area contributed by atoms with E-state index < -0.39 is 5.60 Å². The highest BCUT2D eigenvalue weighted by Gasteiger charge is 2.36. The minimum Gasteiger partial charge on any atom is -0.454 e. The van der Waals surface area contributed by atoms with Gasteiger partial charge in [-0.1, -0.05) is 24.3 Å². The first-order valence-corrected chi connectivity index (χ1v) is 7.89. The number of anilines is 1. The Morgan fingerprint density at radius 3 is 2.92 bits per heavy atom. The summed E-state index contributed by atoms with van der Waals surface area (Å²) in [5.41, 5.74) is 1.63. The van der Waals surface area contributed by atoms with Crippen LogP contribution >= 0.6 is 0 Å². The molecule has 0 saturated carbocycles. The third-order valence-electron chi connectivity index (χ3n) is 4.50. The van der Waals surface area contributed by atoms with Gasteiger partial charge in [-0.2, -0.15) is 0 Å². The van der Waals surface area contributed by atoms with Gasteiger partial charge in [-0.25, -0.2) is 4.79 Å². The van der Waals surface area contributed by atoms with Crippen LogP contribution in [0.1, 0.15) is 17.5 Å². The van der Waals surface area contributed by atoms with Crippen molar-refractivity contribution < 1.29 is 19.4 Å². The standard InChI is InChI=1S/C18H18N2O4/c21-17(20-13-5-6-15-16(9-13)24-11-23-15)19-10-18(22)8-7-12-3-1-2-4-14(12)18/h1-6,9,22H,7-8,10-11H2,(H2,19,20,21)/t18-/m0/s1. The molecule has 1 aliphatic heterocycles. The largest absolute Gasteiger partial charge is 0.454 e. The van der Waals surface area contributed by atoms with Gasteiger partial charge in [0.15, 0.2) is 11.5 Å². The van der Waals surface area contributed by atoms with E-state index in [0.717, 1.165) is 17.5 Å². The van der Waals surface area contributed by atoms with E-state index in [9.17, 15) is 9.90 Å². The van der Waals surface area contributed by atoms with E-state index in [1.54, 1.807) is 18.2 Å². The normalized spacial score (nSPS) is 20.5. The summed E-state index contributed by atoms with van der Waals surface area (Å²) in [6.07, 6.45) is 1.43. The van der Waals surface area contributed by atoms with Crippen LogP contribution in [0, 0.1) is 0 Å². The van der Waals surface area contributed by atoms with E-state index in [1.165, 1.54) is 0 Å². The highest BCUT2D eigenvalue weighted by Crippen LogP contribution is 2.36. The summed E-state index contributed by atoms with van der Waals surface area (Å²) in [5.74, 6) is 1.27. The molecule has 6 nitrogen and oxygen atoms in total. The van der Waals surface area contributed by atoms with E-state index in [4.69, 9.17) is 9.47 Å². The second-order valence-corrected chi connectivity index (χ2v) is 6.06. The molecule has 0 spiro atoms. The van der Waals surface area contributed by atoms with Crippen molar-refractivity contribution in [3.8, 4) is 11.5 Å². The zero-order valence-corrected chi connectivity index (χ0v) is 13.0. The first-order chi connectivity index (χ1) is 11.6. The van der Waals surface area contributed by atoms with Crippen LogP contribution < -0.4 is 20.1 Å². The molecule has 6 heteroatoms. The van der Waals surface area contributed by atoms with Gasteiger partial charge in [0.2, 0.25) is 6.79 Å². The van der Waals surface area contributed by atoms with Crippen molar-refractivity contribution in [3.05, 3.63) is 53.6 Å². The van der Waals surface area contributed by atoms with Crippen molar-refractivity contribution in [1.82, 2.24) is 5.32 Å². The lowest BCUT2D eigenvalue weighted by Crippen LogP contribution is -2.41. The van der Waals surface area contributed by atoms with Crippen LogP contribution in [0.2, 0.25) is 0 Å². The first kappa shape index (κ1) is 14.8. The van der Waals surface area contributed by atoms with Gasteiger partial charge in [-0.05, 0) is 36.1 Å². The number of ether oxygens (including phenoxy) is 2. The second kappa shape index (κ2) is 5.72. The van der Waals surface area contributed by atoms with Crippen molar-refractivity contribution in [1.29, 1.82) is 0 Å². The van der Waals surface area contributed by atoms with Gasteiger partial charge in [0.1, 0.15) is 5.60 Å². The van der Waals surface area contributed by atoms with Gasteiger partial charge in [0, 0.05) is 11.8 Å². The Morgan fingerprint density at radius 1 is 1.17 bits per heavy atom. The molecule has 124 valence electrons. The average molecular weight is 326 g/mol. The van der Waals surface area contributed by atoms with Gasteiger partial charge < -0.3 is 25.2 Å². The number of urea groups is 1. The molecule has 0 unspecified atom stereocenters. The van der Waals surface area contributed by atoms with Crippen molar-refractivity contribution >= 4 is 11.7 Å². The number of benzene rings is 2.